The van der Waals surface area contributed by atoms with Crippen molar-refractivity contribution < 1.29 is 9.18 Å². The van der Waals surface area contributed by atoms with Crippen LogP contribution in [-0.4, -0.2) is 43.1 Å². The molecule has 5 rings (SSSR count). The van der Waals surface area contributed by atoms with Crippen LogP contribution >= 0.6 is 11.3 Å². The zero-order chi connectivity index (χ0) is 22.4. The highest BCUT2D eigenvalue weighted by atomic mass is 32.1. The second kappa shape index (κ2) is 7.98. The molecular weight excluding hydrogens is 429 g/mol. The summed E-state index contributed by atoms with van der Waals surface area (Å²) in [6.45, 7) is 5.18. The van der Waals surface area contributed by atoms with Crippen molar-refractivity contribution in [3.05, 3.63) is 69.0 Å². The zero-order valence-corrected chi connectivity index (χ0v) is 18.7. The van der Waals surface area contributed by atoms with Gasteiger partial charge in [-0.2, -0.15) is 5.10 Å². The molecule has 1 aromatic carbocycles. The van der Waals surface area contributed by atoms with Crippen LogP contribution in [0.5, 0.6) is 0 Å². The van der Waals surface area contributed by atoms with Gasteiger partial charge in [0.15, 0.2) is 4.96 Å². The van der Waals surface area contributed by atoms with Crippen molar-refractivity contribution in [2.75, 3.05) is 13.1 Å². The molecule has 1 aliphatic heterocycles. The van der Waals surface area contributed by atoms with Crippen LogP contribution in [-0.2, 0) is 11.2 Å². The lowest BCUT2D eigenvalue weighted by molar-refractivity contribution is -0.129. The van der Waals surface area contributed by atoms with E-state index in [4.69, 9.17) is 0 Å². The average molecular weight is 452 g/mol. The van der Waals surface area contributed by atoms with Gasteiger partial charge in [0, 0.05) is 29.9 Å². The Hall–Kier alpha value is -3.33. The van der Waals surface area contributed by atoms with Crippen molar-refractivity contribution in [1.29, 1.82) is 0 Å². The lowest BCUT2D eigenvalue weighted by Gasteiger charge is -2.14. The van der Waals surface area contributed by atoms with Crippen molar-refractivity contribution in [1.82, 2.24) is 24.1 Å². The standard InChI is InChI=1S/C23H22FN5O2S/c1-14-10-19(26-29(14)17-7-5-6-16(24)11-17)21-15(2)25-23-28(22(21)31)18(13-32-23)12-20(30)27-8-3-4-9-27/h5-7,10-11,13H,3-4,8-9,12H2,1-2H3. The molecule has 0 unspecified atom stereocenters. The van der Waals surface area contributed by atoms with Gasteiger partial charge in [-0.1, -0.05) is 6.07 Å². The van der Waals surface area contributed by atoms with Crippen LogP contribution in [0.1, 0.15) is 29.9 Å². The third-order valence-electron chi connectivity index (χ3n) is 5.81. The zero-order valence-electron chi connectivity index (χ0n) is 17.8. The Kier molecular flexibility index (Phi) is 5.13. The number of benzene rings is 1. The molecule has 9 heteroatoms. The van der Waals surface area contributed by atoms with E-state index >= 15 is 0 Å². The molecule has 4 heterocycles. The molecule has 1 fully saturated rings. The molecule has 1 saturated heterocycles. The maximum absolute atomic E-state index is 13.7. The van der Waals surface area contributed by atoms with E-state index in [1.807, 2.05) is 17.2 Å². The van der Waals surface area contributed by atoms with Crippen LogP contribution < -0.4 is 5.56 Å². The van der Waals surface area contributed by atoms with E-state index in [9.17, 15) is 14.0 Å². The highest BCUT2D eigenvalue weighted by Crippen LogP contribution is 2.24. The van der Waals surface area contributed by atoms with Crippen molar-refractivity contribution in [3.8, 4) is 16.9 Å². The predicted octanol–water partition coefficient (Wildman–Crippen LogP) is 3.53. The van der Waals surface area contributed by atoms with E-state index in [1.165, 1.54) is 27.9 Å². The Labute approximate surface area is 187 Å². The first kappa shape index (κ1) is 20.6. The number of halogens is 1. The van der Waals surface area contributed by atoms with E-state index < -0.39 is 0 Å². The van der Waals surface area contributed by atoms with Gasteiger partial charge < -0.3 is 4.90 Å². The number of rotatable bonds is 4. The van der Waals surface area contributed by atoms with Gasteiger partial charge >= 0.3 is 0 Å². The fourth-order valence-corrected chi connectivity index (χ4v) is 5.15. The smallest absolute Gasteiger partial charge is 0.268 e. The molecule has 0 bridgehead atoms. The van der Waals surface area contributed by atoms with Crippen molar-refractivity contribution in [3.63, 3.8) is 0 Å². The Bertz CT molecular complexity index is 1400. The summed E-state index contributed by atoms with van der Waals surface area (Å²) < 4.78 is 16.8. The number of likely N-dealkylation sites (tertiary alicyclic amines) is 1. The molecule has 0 atom stereocenters. The third kappa shape index (κ3) is 3.52. The molecule has 0 saturated carbocycles. The summed E-state index contributed by atoms with van der Waals surface area (Å²) in [5.74, 6) is -0.327. The summed E-state index contributed by atoms with van der Waals surface area (Å²) in [6, 6.07) is 7.94. The third-order valence-corrected chi connectivity index (χ3v) is 6.68. The summed E-state index contributed by atoms with van der Waals surface area (Å²) in [6.07, 6.45) is 2.21. The van der Waals surface area contributed by atoms with Crippen molar-refractivity contribution in [2.24, 2.45) is 0 Å². The van der Waals surface area contributed by atoms with Crippen molar-refractivity contribution in [2.45, 2.75) is 33.1 Å². The topological polar surface area (TPSA) is 72.5 Å². The van der Waals surface area contributed by atoms with Gasteiger partial charge in [-0.05, 0) is 51.0 Å². The minimum Gasteiger partial charge on any atom is -0.342 e. The Morgan fingerprint density at radius 1 is 1.19 bits per heavy atom. The molecular formula is C23H22FN5O2S. The Balaban J connectivity index is 1.58. The minimum atomic E-state index is -0.358. The number of aromatic nitrogens is 4. The molecule has 1 amide bonds. The van der Waals surface area contributed by atoms with Crippen LogP contribution in [0.15, 0.2) is 40.5 Å². The van der Waals surface area contributed by atoms with E-state index in [0.29, 0.717) is 33.3 Å². The Morgan fingerprint density at radius 2 is 1.97 bits per heavy atom. The molecule has 4 aromatic rings. The highest BCUT2D eigenvalue weighted by molar-refractivity contribution is 7.15. The largest absolute Gasteiger partial charge is 0.342 e. The quantitative estimate of drug-likeness (QED) is 0.476. The number of fused-ring (bicyclic) bond motifs is 1. The number of nitrogens with zero attached hydrogens (tertiary/aromatic N) is 5. The predicted molar refractivity (Wildman–Crippen MR) is 121 cm³/mol. The molecule has 0 aliphatic carbocycles. The van der Waals surface area contributed by atoms with Crippen LogP contribution in [0.25, 0.3) is 21.9 Å². The van der Waals surface area contributed by atoms with Gasteiger partial charge in [-0.15, -0.1) is 11.3 Å². The average Bonchev–Trinajstić information content (AvgIpc) is 3.49. The summed E-state index contributed by atoms with van der Waals surface area (Å²) >= 11 is 1.35. The first-order valence-corrected chi connectivity index (χ1v) is 11.4. The normalized spacial score (nSPS) is 13.9. The Morgan fingerprint density at radius 3 is 2.72 bits per heavy atom. The maximum Gasteiger partial charge on any atom is 0.268 e. The number of carbonyl (C=O) groups is 1. The van der Waals surface area contributed by atoms with Crippen LogP contribution in [0.2, 0.25) is 0 Å². The van der Waals surface area contributed by atoms with E-state index in [2.05, 4.69) is 10.1 Å². The summed E-state index contributed by atoms with van der Waals surface area (Å²) in [5.41, 5.74) is 3.16. The lowest BCUT2D eigenvalue weighted by Crippen LogP contribution is -2.30. The van der Waals surface area contributed by atoms with Gasteiger partial charge in [-0.3, -0.25) is 14.0 Å². The first-order chi connectivity index (χ1) is 15.4. The molecule has 1 aliphatic rings. The molecule has 0 N–H and O–H groups in total. The number of thiazole rings is 1. The number of aryl methyl sites for hydroxylation is 2. The first-order valence-electron chi connectivity index (χ1n) is 10.5. The fraction of sp³-hybridized carbons (Fsp3) is 0.304. The van der Waals surface area contributed by atoms with Crippen LogP contribution in [0.3, 0.4) is 0 Å². The molecule has 3 aromatic heterocycles. The number of hydrogen-bond acceptors (Lipinski definition) is 5. The molecule has 164 valence electrons. The monoisotopic (exact) mass is 451 g/mol. The second-order valence-electron chi connectivity index (χ2n) is 8.05. The van der Waals surface area contributed by atoms with Gasteiger partial charge in [0.05, 0.1) is 23.4 Å². The van der Waals surface area contributed by atoms with E-state index in [1.54, 1.807) is 29.8 Å². The summed E-state index contributed by atoms with van der Waals surface area (Å²) in [5, 5.41) is 6.41. The van der Waals surface area contributed by atoms with E-state index in [0.717, 1.165) is 31.6 Å². The van der Waals surface area contributed by atoms with Gasteiger partial charge in [0.1, 0.15) is 11.5 Å². The van der Waals surface area contributed by atoms with Gasteiger partial charge in [-0.25, -0.2) is 14.1 Å². The van der Waals surface area contributed by atoms with Crippen molar-refractivity contribution >= 4 is 22.2 Å². The molecule has 0 radical (unpaired) electrons. The molecule has 0 spiro atoms. The van der Waals surface area contributed by atoms with Crippen LogP contribution in [0, 0.1) is 19.7 Å². The van der Waals surface area contributed by atoms with Gasteiger partial charge in [0.25, 0.3) is 5.56 Å². The number of carbonyl (C=O) groups excluding carboxylic acids is 1. The lowest BCUT2D eigenvalue weighted by atomic mass is 10.1. The highest BCUT2D eigenvalue weighted by Gasteiger charge is 2.23. The summed E-state index contributed by atoms with van der Waals surface area (Å²) in [7, 11) is 0. The minimum absolute atomic E-state index is 0.0300. The summed E-state index contributed by atoms with van der Waals surface area (Å²) in [4.78, 5) is 33.2. The molecule has 32 heavy (non-hydrogen) atoms. The maximum atomic E-state index is 13.7. The molecule has 7 nitrogen and oxygen atoms in total. The second-order valence-corrected chi connectivity index (χ2v) is 8.89. The number of amides is 1. The fourth-order valence-electron chi connectivity index (χ4n) is 4.22. The van der Waals surface area contributed by atoms with Crippen LogP contribution in [0.4, 0.5) is 4.39 Å². The number of hydrogen-bond donors (Lipinski definition) is 0. The SMILES string of the molecule is Cc1nc2scc(CC(=O)N3CCCC3)n2c(=O)c1-c1cc(C)n(-c2cccc(F)c2)n1. The van der Waals surface area contributed by atoms with E-state index in [-0.39, 0.29) is 23.7 Å². The van der Waals surface area contributed by atoms with Gasteiger partial charge in [0.2, 0.25) is 5.91 Å².